The number of aromatic nitrogens is 1. The predicted molar refractivity (Wildman–Crippen MR) is 88.4 cm³/mol. The lowest BCUT2D eigenvalue weighted by Gasteiger charge is -2.17. The molecule has 1 aliphatic rings. The average molecular weight is 290 g/mol. The maximum absolute atomic E-state index is 12.9. The molecule has 3 heteroatoms. The van der Waals surface area contributed by atoms with Gasteiger partial charge in [-0.05, 0) is 37.1 Å². The Balaban J connectivity index is 1.92. The number of nitrogens with zero attached hydrogens (tertiary/aromatic N) is 2. The number of carbonyl (C=O) groups excluding carboxylic acids is 1. The topological polar surface area (TPSA) is 25.2 Å². The lowest BCUT2D eigenvalue weighted by Crippen LogP contribution is -2.29. The van der Waals surface area contributed by atoms with Gasteiger partial charge in [0.2, 0.25) is 0 Å². The molecule has 0 N–H and O–H groups in total. The summed E-state index contributed by atoms with van der Waals surface area (Å²) in [5.74, 6) is 0.137. The van der Waals surface area contributed by atoms with Crippen LogP contribution in [0.25, 0.3) is 16.6 Å². The summed E-state index contributed by atoms with van der Waals surface area (Å²) in [6.45, 7) is 1.74. The molecule has 1 fully saturated rings. The number of hydrogen-bond donors (Lipinski definition) is 0. The van der Waals surface area contributed by atoms with E-state index in [1.165, 1.54) is 0 Å². The molecular weight excluding hydrogens is 272 g/mol. The third-order valence-electron chi connectivity index (χ3n) is 4.34. The van der Waals surface area contributed by atoms with E-state index in [1.807, 2.05) is 53.4 Å². The molecule has 110 valence electrons. The summed E-state index contributed by atoms with van der Waals surface area (Å²) in [5, 5.41) is 1.11. The van der Waals surface area contributed by atoms with Crippen LogP contribution in [0.15, 0.2) is 60.7 Å². The number of fused-ring (bicyclic) bond motifs is 1. The number of amides is 1. The van der Waals surface area contributed by atoms with Gasteiger partial charge in [-0.1, -0.05) is 36.4 Å². The highest BCUT2D eigenvalue weighted by Crippen LogP contribution is 2.26. The molecule has 0 aliphatic carbocycles. The summed E-state index contributed by atoms with van der Waals surface area (Å²) in [5.41, 5.74) is 2.87. The van der Waals surface area contributed by atoms with E-state index in [-0.39, 0.29) is 5.91 Å². The Morgan fingerprint density at radius 3 is 2.32 bits per heavy atom. The zero-order valence-electron chi connectivity index (χ0n) is 12.4. The van der Waals surface area contributed by atoms with Gasteiger partial charge in [0.15, 0.2) is 0 Å². The lowest BCUT2D eigenvalue weighted by molar-refractivity contribution is 0.0785. The molecule has 0 saturated carbocycles. The molecular formula is C19H18N2O. The maximum Gasteiger partial charge on any atom is 0.270 e. The van der Waals surface area contributed by atoms with E-state index in [9.17, 15) is 4.79 Å². The normalized spacial score (nSPS) is 14.6. The Morgan fingerprint density at radius 2 is 1.55 bits per heavy atom. The van der Waals surface area contributed by atoms with Crippen LogP contribution in [0.2, 0.25) is 0 Å². The van der Waals surface area contributed by atoms with Gasteiger partial charge in [0.25, 0.3) is 5.91 Å². The van der Waals surface area contributed by atoms with Gasteiger partial charge >= 0.3 is 0 Å². The van der Waals surface area contributed by atoms with Gasteiger partial charge in [-0.25, -0.2) is 0 Å². The van der Waals surface area contributed by atoms with Crippen molar-refractivity contribution in [2.75, 3.05) is 13.1 Å². The summed E-state index contributed by atoms with van der Waals surface area (Å²) >= 11 is 0. The summed E-state index contributed by atoms with van der Waals surface area (Å²) in [6, 6.07) is 20.3. The van der Waals surface area contributed by atoms with Crippen LogP contribution < -0.4 is 0 Å². The minimum atomic E-state index is 0.137. The smallest absolute Gasteiger partial charge is 0.270 e. The predicted octanol–water partition coefficient (Wildman–Crippen LogP) is 3.87. The van der Waals surface area contributed by atoms with Crippen LogP contribution >= 0.6 is 0 Å². The second-order valence-electron chi connectivity index (χ2n) is 5.76. The Kier molecular flexibility index (Phi) is 3.19. The maximum atomic E-state index is 12.9. The van der Waals surface area contributed by atoms with Crippen LogP contribution in [0.1, 0.15) is 23.3 Å². The van der Waals surface area contributed by atoms with Crippen molar-refractivity contribution in [2.45, 2.75) is 12.8 Å². The Hall–Kier alpha value is -2.55. The van der Waals surface area contributed by atoms with Crippen LogP contribution in [0.3, 0.4) is 0 Å². The van der Waals surface area contributed by atoms with E-state index in [2.05, 4.69) is 16.7 Å². The molecule has 1 saturated heterocycles. The van der Waals surface area contributed by atoms with Gasteiger partial charge in [0.05, 0.1) is 5.52 Å². The number of rotatable bonds is 2. The molecule has 0 radical (unpaired) electrons. The van der Waals surface area contributed by atoms with Crippen LogP contribution in [-0.2, 0) is 0 Å². The van der Waals surface area contributed by atoms with Gasteiger partial charge in [-0.3, -0.25) is 4.79 Å². The number of carbonyl (C=O) groups is 1. The lowest BCUT2D eigenvalue weighted by atomic mass is 10.2. The van der Waals surface area contributed by atoms with Crippen molar-refractivity contribution in [1.29, 1.82) is 0 Å². The van der Waals surface area contributed by atoms with Gasteiger partial charge in [-0.2, -0.15) is 0 Å². The first-order valence-corrected chi connectivity index (χ1v) is 7.80. The van der Waals surface area contributed by atoms with E-state index in [1.54, 1.807) is 0 Å². The molecule has 0 unspecified atom stereocenters. The zero-order chi connectivity index (χ0) is 14.9. The number of hydrogen-bond acceptors (Lipinski definition) is 1. The van der Waals surface area contributed by atoms with Crippen LogP contribution in [-0.4, -0.2) is 28.5 Å². The molecule has 1 aliphatic heterocycles. The largest absolute Gasteiger partial charge is 0.337 e. The summed E-state index contributed by atoms with van der Waals surface area (Å²) in [7, 11) is 0. The van der Waals surface area contributed by atoms with Crippen molar-refractivity contribution in [3.63, 3.8) is 0 Å². The fraction of sp³-hybridized carbons (Fsp3) is 0.211. The fourth-order valence-corrected chi connectivity index (χ4v) is 3.25. The van der Waals surface area contributed by atoms with Gasteiger partial charge < -0.3 is 9.47 Å². The molecule has 2 aromatic carbocycles. The summed E-state index contributed by atoms with van der Waals surface area (Å²) in [4.78, 5) is 14.9. The van der Waals surface area contributed by atoms with Crippen molar-refractivity contribution < 1.29 is 4.79 Å². The van der Waals surface area contributed by atoms with E-state index >= 15 is 0 Å². The molecule has 0 spiro atoms. The van der Waals surface area contributed by atoms with Gasteiger partial charge in [-0.15, -0.1) is 0 Å². The van der Waals surface area contributed by atoms with E-state index in [0.717, 1.165) is 48.2 Å². The standard InChI is InChI=1S/C19H18N2O/c22-19(20-12-6-7-13-20)18-14-15-8-4-5-11-17(15)21(18)16-9-2-1-3-10-16/h1-5,8-11,14H,6-7,12-13H2. The van der Waals surface area contributed by atoms with Crippen LogP contribution in [0.4, 0.5) is 0 Å². The van der Waals surface area contributed by atoms with Gasteiger partial charge in [0.1, 0.15) is 5.69 Å². The number of para-hydroxylation sites is 2. The average Bonchev–Trinajstić information content (AvgIpc) is 3.22. The van der Waals surface area contributed by atoms with Crippen molar-refractivity contribution >= 4 is 16.8 Å². The van der Waals surface area contributed by atoms with Crippen LogP contribution in [0, 0.1) is 0 Å². The van der Waals surface area contributed by atoms with E-state index in [0.29, 0.717) is 0 Å². The molecule has 4 rings (SSSR count). The van der Waals surface area contributed by atoms with E-state index in [4.69, 9.17) is 0 Å². The molecule has 1 amide bonds. The minimum Gasteiger partial charge on any atom is -0.337 e. The van der Waals surface area contributed by atoms with Crippen molar-refractivity contribution in [3.8, 4) is 5.69 Å². The SMILES string of the molecule is O=C(c1cc2ccccc2n1-c1ccccc1)N1CCCC1. The molecule has 1 aromatic heterocycles. The molecule has 2 heterocycles. The molecule has 3 aromatic rings. The number of likely N-dealkylation sites (tertiary alicyclic amines) is 1. The highest BCUT2D eigenvalue weighted by molar-refractivity contribution is 6.00. The second-order valence-corrected chi connectivity index (χ2v) is 5.76. The third-order valence-corrected chi connectivity index (χ3v) is 4.34. The molecule has 0 atom stereocenters. The molecule has 22 heavy (non-hydrogen) atoms. The summed E-state index contributed by atoms with van der Waals surface area (Å²) in [6.07, 6.45) is 2.22. The van der Waals surface area contributed by atoms with Crippen LogP contribution in [0.5, 0.6) is 0 Å². The highest BCUT2D eigenvalue weighted by atomic mass is 16.2. The highest BCUT2D eigenvalue weighted by Gasteiger charge is 2.24. The second kappa shape index (κ2) is 5.34. The monoisotopic (exact) mass is 290 g/mol. The molecule has 0 bridgehead atoms. The summed E-state index contributed by atoms with van der Waals surface area (Å²) < 4.78 is 2.08. The van der Waals surface area contributed by atoms with E-state index < -0.39 is 0 Å². The first-order valence-electron chi connectivity index (χ1n) is 7.80. The Bertz CT molecular complexity index is 814. The zero-order valence-corrected chi connectivity index (χ0v) is 12.4. The third kappa shape index (κ3) is 2.10. The Morgan fingerprint density at radius 1 is 0.864 bits per heavy atom. The minimum absolute atomic E-state index is 0.137. The van der Waals surface area contributed by atoms with Crippen molar-refractivity contribution in [1.82, 2.24) is 9.47 Å². The molecule has 3 nitrogen and oxygen atoms in total. The fourth-order valence-electron chi connectivity index (χ4n) is 3.25. The van der Waals surface area contributed by atoms with Gasteiger partial charge in [0, 0.05) is 24.2 Å². The van der Waals surface area contributed by atoms with Crippen molar-refractivity contribution in [2.24, 2.45) is 0 Å². The first kappa shape index (κ1) is 13.1. The number of benzene rings is 2. The quantitative estimate of drug-likeness (QED) is 0.703. The van der Waals surface area contributed by atoms with Crippen molar-refractivity contribution in [3.05, 3.63) is 66.4 Å². The first-order chi connectivity index (χ1) is 10.8. The Labute approximate surface area is 129 Å².